The third-order valence-corrected chi connectivity index (χ3v) is 3.93. The average Bonchev–Trinajstić information content (AvgIpc) is 2.84. The number of rotatable bonds is 5. The number of hydrogen-bond acceptors (Lipinski definition) is 4. The van der Waals surface area contributed by atoms with Crippen LogP contribution in [0.2, 0.25) is 0 Å². The molecule has 1 saturated heterocycles. The summed E-state index contributed by atoms with van der Waals surface area (Å²) in [5, 5.41) is 2.99. The number of amides is 1. The Labute approximate surface area is 120 Å². The van der Waals surface area contributed by atoms with Crippen LogP contribution in [0.3, 0.4) is 0 Å². The molecule has 2 rings (SSSR count). The molecule has 1 aliphatic rings. The molecule has 0 spiro atoms. The summed E-state index contributed by atoms with van der Waals surface area (Å²) in [6.07, 6.45) is 0.745. The molecule has 5 heteroatoms. The van der Waals surface area contributed by atoms with Crippen molar-refractivity contribution in [2.24, 2.45) is 0 Å². The van der Waals surface area contributed by atoms with Gasteiger partial charge in [0, 0.05) is 39.1 Å². The molecule has 0 radical (unpaired) electrons. The van der Waals surface area contributed by atoms with Gasteiger partial charge >= 0.3 is 0 Å². The Morgan fingerprint density at radius 3 is 2.65 bits per heavy atom. The molecule has 1 N–H and O–H groups in total. The van der Waals surface area contributed by atoms with Gasteiger partial charge in [-0.15, -0.1) is 0 Å². The Kier molecular flexibility index (Phi) is 5.20. The van der Waals surface area contributed by atoms with Crippen LogP contribution in [0.1, 0.15) is 18.4 Å². The Bertz CT molecular complexity index is 436. The minimum Gasteiger partial charge on any atom is -0.466 e. The fourth-order valence-electron chi connectivity index (χ4n) is 2.45. The Hall–Kier alpha value is -1.33. The summed E-state index contributed by atoms with van der Waals surface area (Å²) in [4.78, 5) is 16.7. The molecule has 0 saturated carbocycles. The number of aryl methyl sites for hydroxylation is 1. The summed E-state index contributed by atoms with van der Waals surface area (Å²) in [6, 6.07) is 3.86. The van der Waals surface area contributed by atoms with E-state index in [-0.39, 0.29) is 11.9 Å². The third-order valence-electron chi connectivity index (χ3n) is 3.93. The monoisotopic (exact) mass is 279 g/mol. The van der Waals surface area contributed by atoms with Gasteiger partial charge in [0.25, 0.3) is 0 Å². The maximum atomic E-state index is 12.1. The van der Waals surface area contributed by atoms with E-state index in [2.05, 4.69) is 22.2 Å². The smallest absolute Gasteiger partial charge is 0.237 e. The van der Waals surface area contributed by atoms with E-state index in [0.29, 0.717) is 6.54 Å². The van der Waals surface area contributed by atoms with Crippen molar-refractivity contribution >= 4 is 5.91 Å². The summed E-state index contributed by atoms with van der Waals surface area (Å²) < 4.78 is 5.49. The van der Waals surface area contributed by atoms with Crippen LogP contribution in [-0.2, 0) is 11.2 Å². The molecule has 1 aromatic heterocycles. The fourth-order valence-corrected chi connectivity index (χ4v) is 2.45. The average molecular weight is 279 g/mol. The quantitative estimate of drug-likeness (QED) is 0.869. The summed E-state index contributed by atoms with van der Waals surface area (Å²) in [6.45, 7) is 8.52. The van der Waals surface area contributed by atoms with Crippen LogP contribution in [0.4, 0.5) is 0 Å². The van der Waals surface area contributed by atoms with Gasteiger partial charge in [-0.3, -0.25) is 9.69 Å². The van der Waals surface area contributed by atoms with Crippen molar-refractivity contribution in [2.45, 2.75) is 26.3 Å². The van der Waals surface area contributed by atoms with Gasteiger partial charge < -0.3 is 14.6 Å². The number of hydrogen-bond donors (Lipinski definition) is 1. The number of nitrogens with one attached hydrogen (secondary N) is 1. The van der Waals surface area contributed by atoms with Crippen molar-refractivity contribution in [3.8, 4) is 0 Å². The molecule has 0 aromatic carbocycles. The van der Waals surface area contributed by atoms with Gasteiger partial charge in [-0.25, -0.2) is 0 Å². The van der Waals surface area contributed by atoms with Crippen LogP contribution in [0.5, 0.6) is 0 Å². The minimum absolute atomic E-state index is 0.0537. The lowest BCUT2D eigenvalue weighted by Gasteiger charge is -2.35. The maximum Gasteiger partial charge on any atom is 0.237 e. The molecule has 1 aliphatic heterocycles. The molecular formula is C15H25N3O2. The highest BCUT2D eigenvalue weighted by molar-refractivity contribution is 5.81. The zero-order chi connectivity index (χ0) is 14.5. The normalized spacial score (nSPS) is 18.9. The van der Waals surface area contributed by atoms with Crippen molar-refractivity contribution in [2.75, 3.05) is 39.8 Å². The highest BCUT2D eigenvalue weighted by atomic mass is 16.3. The van der Waals surface area contributed by atoms with E-state index < -0.39 is 0 Å². The SMILES string of the molecule is Cc1ccc(CCNC(=O)C(C)N2CCN(C)CC2)o1. The summed E-state index contributed by atoms with van der Waals surface area (Å²) in [7, 11) is 2.12. The van der Waals surface area contributed by atoms with E-state index in [1.165, 1.54) is 0 Å². The molecule has 112 valence electrons. The number of furan rings is 1. The molecular weight excluding hydrogens is 254 g/mol. The first-order chi connectivity index (χ1) is 9.56. The second kappa shape index (κ2) is 6.90. The second-order valence-electron chi connectivity index (χ2n) is 5.57. The third kappa shape index (κ3) is 4.08. The number of carbonyl (C=O) groups excluding carboxylic acids is 1. The lowest BCUT2D eigenvalue weighted by atomic mass is 10.2. The Morgan fingerprint density at radius 2 is 2.05 bits per heavy atom. The topological polar surface area (TPSA) is 48.7 Å². The van der Waals surface area contributed by atoms with Crippen molar-refractivity contribution < 1.29 is 9.21 Å². The van der Waals surface area contributed by atoms with Crippen LogP contribution in [-0.4, -0.2) is 61.5 Å². The largest absolute Gasteiger partial charge is 0.466 e. The number of carbonyl (C=O) groups is 1. The van der Waals surface area contributed by atoms with E-state index in [1.807, 2.05) is 26.0 Å². The van der Waals surface area contributed by atoms with Gasteiger partial charge in [-0.1, -0.05) is 0 Å². The maximum absolute atomic E-state index is 12.1. The van der Waals surface area contributed by atoms with Crippen LogP contribution in [0.25, 0.3) is 0 Å². The van der Waals surface area contributed by atoms with Gasteiger partial charge in [-0.2, -0.15) is 0 Å². The fraction of sp³-hybridized carbons (Fsp3) is 0.667. The van der Waals surface area contributed by atoms with Gasteiger partial charge in [0.15, 0.2) is 0 Å². The Balaban J connectivity index is 1.71. The zero-order valence-corrected chi connectivity index (χ0v) is 12.7. The van der Waals surface area contributed by atoms with Crippen LogP contribution >= 0.6 is 0 Å². The highest BCUT2D eigenvalue weighted by Gasteiger charge is 2.23. The molecule has 20 heavy (non-hydrogen) atoms. The van der Waals surface area contributed by atoms with Crippen LogP contribution in [0, 0.1) is 6.92 Å². The number of nitrogens with zero attached hydrogens (tertiary/aromatic N) is 2. The number of piperazine rings is 1. The second-order valence-corrected chi connectivity index (χ2v) is 5.57. The minimum atomic E-state index is -0.0537. The van der Waals surface area contributed by atoms with E-state index in [1.54, 1.807) is 0 Å². The van der Waals surface area contributed by atoms with Crippen molar-refractivity contribution in [1.29, 1.82) is 0 Å². The van der Waals surface area contributed by atoms with Crippen LogP contribution in [0.15, 0.2) is 16.5 Å². The zero-order valence-electron chi connectivity index (χ0n) is 12.7. The highest BCUT2D eigenvalue weighted by Crippen LogP contribution is 2.07. The molecule has 0 aliphatic carbocycles. The Morgan fingerprint density at radius 1 is 1.35 bits per heavy atom. The predicted octanol–water partition coefficient (Wildman–Crippen LogP) is 0.883. The summed E-state index contributed by atoms with van der Waals surface area (Å²) in [5.74, 6) is 1.95. The van der Waals surface area contributed by atoms with E-state index in [4.69, 9.17) is 4.42 Å². The van der Waals surface area contributed by atoms with E-state index >= 15 is 0 Å². The van der Waals surface area contributed by atoms with Crippen molar-refractivity contribution in [1.82, 2.24) is 15.1 Å². The van der Waals surface area contributed by atoms with Crippen molar-refractivity contribution in [3.63, 3.8) is 0 Å². The molecule has 1 amide bonds. The molecule has 1 aromatic rings. The van der Waals surface area contributed by atoms with Gasteiger partial charge in [0.1, 0.15) is 11.5 Å². The number of likely N-dealkylation sites (N-methyl/N-ethyl adjacent to an activating group) is 1. The summed E-state index contributed by atoms with van der Waals surface area (Å²) in [5.41, 5.74) is 0. The van der Waals surface area contributed by atoms with Gasteiger partial charge in [0.2, 0.25) is 5.91 Å². The first kappa shape index (κ1) is 15.1. The predicted molar refractivity (Wildman–Crippen MR) is 78.7 cm³/mol. The van der Waals surface area contributed by atoms with Crippen LogP contribution < -0.4 is 5.32 Å². The lowest BCUT2D eigenvalue weighted by Crippen LogP contribution is -2.53. The molecule has 1 fully saturated rings. The van der Waals surface area contributed by atoms with E-state index in [0.717, 1.165) is 44.1 Å². The molecule has 0 bridgehead atoms. The van der Waals surface area contributed by atoms with Gasteiger partial charge in [-0.05, 0) is 33.0 Å². The molecule has 1 unspecified atom stereocenters. The molecule has 5 nitrogen and oxygen atoms in total. The van der Waals surface area contributed by atoms with Gasteiger partial charge in [0.05, 0.1) is 6.04 Å². The van der Waals surface area contributed by atoms with E-state index in [9.17, 15) is 4.79 Å². The standard InChI is InChI=1S/C15H25N3O2/c1-12-4-5-14(20-12)6-7-16-15(19)13(2)18-10-8-17(3)9-11-18/h4-5,13H,6-11H2,1-3H3,(H,16,19). The molecule has 2 heterocycles. The molecule has 1 atom stereocenters. The first-order valence-corrected chi connectivity index (χ1v) is 7.32. The lowest BCUT2D eigenvalue weighted by molar-refractivity contribution is -0.126. The summed E-state index contributed by atoms with van der Waals surface area (Å²) >= 11 is 0. The first-order valence-electron chi connectivity index (χ1n) is 7.32. The van der Waals surface area contributed by atoms with Crippen molar-refractivity contribution in [3.05, 3.63) is 23.7 Å².